The molecule has 0 N–H and O–H groups in total. The molecule has 0 aliphatic heterocycles. The van der Waals surface area contributed by atoms with E-state index in [2.05, 4.69) is 67.0 Å². The molecule has 3 heterocycles. The van der Waals surface area contributed by atoms with Gasteiger partial charge in [0.25, 0.3) is 0 Å². The summed E-state index contributed by atoms with van der Waals surface area (Å²) in [6, 6.07) is 31.2. The van der Waals surface area contributed by atoms with E-state index in [9.17, 15) is 8.78 Å². The molecule has 0 spiro atoms. The number of nitrogens with zero attached hydrogens (tertiary/aromatic N) is 2. The molecule has 0 amide bonds. The van der Waals surface area contributed by atoms with Crippen molar-refractivity contribution in [3.8, 4) is 22.5 Å². The monoisotopic (exact) mass is 822 g/mol. The van der Waals surface area contributed by atoms with Crippen molar-refractivity contribution in [3.05, 3.63) is 126 Å². The summed E-state index contributed by atoms with van der Waals surface area (Å²) in [6.45, 7) is 12.5. The number of hydrogen-bond donors (Lipinski definition) is 0. The summed E-state index contributed by atoms with van der Waals surface area (Å²) >= 11 is 1.48. The van der Waals surface area contributed by atoms with Crippen LogP contribution < -0.4 is 5.19 Å². The molecule has 0 fully saturated rings. The second-order valence-corrected chi connectivity index (χ2v) is 18.5. The van der Waals surface area contributed by atoms with Crippen LogP contribution in [-0.2, 0) is 20.1 Å². The zero-order valence-corrected chi connectivity index (χ0v) is 30.8. The first kappa shape index (κ1) is 32.3. The van der Waals surface area contributed by atoms with Crippen LogP contribution in [0.1, 0.15) is 32.2 Å². The predicted octanol–water partition coefficient (Wildman–Crippen LogP) is 10.9. The summed E-state index contributed by atoms with van der Waals surface area (Å²) in [6.07, 6.45) is 3.22. The van der Waals surface area contributed by atoms with Crippen LogP contribution in [0.3, 0.4) is 0 Å². The van der Waals surface area contributed by atoms with Gasteiger partial charge >= 0.3 is 0 Å². The van der Waals surface area contributed by atoms with Crippen LogP contribution in [0.5, 0.6) is 0 Å². The first-order valence-corrected chi connectivity index (χ1v) is 19.2. The summed E-state index contributed by atoms with van der Waals surface area (Å²) in [5.41, 5.74) is 5.02. The predicted molar refractivity (Wildman–Crippen MR) is 189 cm³/mol. The molecule has 4 aromatic carbocycles. The third kappa shape index (κ3) is 6.74. The molecule has 0 aliphatic carbocycles. The van der Waals surface area contributed by atoms with E-state index in [-0.39, 0.29) is 31.5 Å². The Morgan fingerprint density at radius 1 is 0.870 bits per heavy atom. The third-order valence-corrected chi connectivity index (χ3v) is 11.2. The SMILES string of the molecule is Cc1cc(-c2[c-]cccc2)ncc1[Si](C)(C)C.[2H]C(C)(C)c1cc(-c2[c-]c3ccccc3c3c2sc2cc(F)ccc23)ncc1F.[Ir]. The van der Waals surface area contributed by atoms with Gasteiger partial charge in [0.1, 0.15) is 11.6 Å². The van der Waals surface area contributed by atoms with Crippen molar-refractivity contribution in [2.24, 2.45) is 0 Å². The average Bonchev–Trinajstić information content (AvgIpc) is 3.39. The van der Waals surface area contributed by atoms with Gasteiger partial charge in [-0.25, -0.2) is 8.78 Å². The van der Waals surface area contributed by atoms with E-state index >= 15 is 0 Å². The molecule has 235 valence electrons. The summed E-state index contributed by atoms with van der Waals surface area (Å²) in [5.74, 6) is -1.87. The van der Waals surface area contributed by atoms with E-state index < -0.39 is 19.8 Å². The van der Waals surface area contributed by atoms with Gasteiger partial charge in [-0.1, -0.05) is 91.8 Å². The maximum atomic E-state index is 14.3. The number of aryl methyl sites for hydroxylation is 1. The number of rotatable bonds is 4. The number of benzene rings is 4. The molecule has 0 aliphatic rings. The van der Waals surface area contributed by atoms with E-state index in [1.54, 1.807) is 26.0 Å². The molecule has 7 heteroatoms. The smallest absolute Gasteiger partial charge is 0.143 e. The largest absolute Gasteiger partial charge is 0.305 e. The zero-order valence-electron chi connectivity index (χ0n) is 27.6. The zero-order chi connectivity index (χ0) is 32.8. The molecular weight excluding hydrogens is 787 g/mol. The maximum Gasteiger partial charge on any atom is 0.143 e. The molecule has 0 saturated carbocycles. The molecule has 0 atom stereocenters. The molecule has 0 unspecified atom stereocenters. The van der Waals surface area contributed by atoms with Crippen molar-refractivity contribution >= 4 is 55.5 Å². The Kier molecular flexibility index (Phi) is 9.58. The molecule has 7 aromatic rings. The Morgan fingerprint density at radius 3 is 2.30 bits per heavy atom. The standard InChI is InChI=1S/C24H16F2NS.C15H18NSi.Ir/c1-13(2)18-11-21(27-12-20(18)26)19-9-14-5-3-4-6-16(14)23-17-8-7-15(25)10-22(17)28-24(19)23;1-12-10-14(13-8-6-5-7-9-13)16-11-15(12)17(2,3)4;/h3-8,10-13H,1-2H3;5-8,10-11H,1-4H3;/q2*-1;/i13D;;. The van der Waals surface area contributed by atoms with Gasteiger partial charge < -0.3 is 4.98 Å². The van der Waals surface area contributed by atoms with Gasteiger partial charge in [0.2, 0.25) is 0 Å². The number of halogens is 2. The number of hydrogen-bond acceptors (Lipinski definition) is 3. The first-order valence-electron chi connectivity index (χ1n) is 15.4. The molecular formula is C39H34F2IrN2SSi-2. The Bertz CT molecular complexity index is 2220. The van der Waals surface area contributed by atoms with Gasteiger partial charge in [-0.05, 0) is 51.5 Å². The topological polar surface area (TPSA) is 25.8 Å². The van der Waals surface area contributed by atoms with Crippen molar-refractivity contribution in [2.75, 3.05) is 0 Å². The van der Waals surface area contributed by atoms with Crippen molar-refractivity contribution in [1.82, 2.24) is 9.97 Å². The number of pyridine rings is 2. The van der Waals surface area contributed by atoms with E-state index in [1.165, 1.54) is 40.4 Å². The van der Waals surface area contributed by atoms with Crippen LogP contribution in [0.4, 0.5) is 8.78 Å². The van der Waals surface area contributed by atoms with Gasteiger partial charge in [0, 0.05) is 38.1 Å². The van der Waals surface area contributed by atoms with Crippen LogP contribution in [0.15, 0.2) is 91.3 Å². The fraction of sp³-hybridized carbons (Fsp3) is 0.179. The second kappa shape index (κ2) is 13.6. The number of aromatic nitrogens is 2. The fourth-order valence-electron chi connectivity index (χ4n) is 5.70. The molecule has 3 aromatic heterocycles. The summed E-state index contributed by atoms with van der Waals surface area (Å²) < 4.78 is 38.2. The molecule has 0 saturated heterocycles. The molecule has 7 rings (SSSR count). The molecule has 1 radical (unpaired) electrons. The first-order chi connectivity index (χ1) is 21.8. The van der Waals surface area contributed by atoms with Crippen molar-refractivity contribution in [1.29, 1.82) is 0 Å². The number of fused-ring (bicyclic) bond motifs is 5. The Balaban J connectivity index is 0.000000207. The van der Waals surface area contributed by atoms with E-state index in [0.29, 0.717) is 5.69 Å². The Labute approximate surface area is 289 Å². The molecule has 46 heavy (non-hydrogen) atoms. The summed E-state index contributed by atoms with van der Waals surface area (Å²) in [5, 5.41) is 5.38. The van der Waals surface area contributed by atoms with Crippen LogP contribution in [0, 0.1) is 30.7 Å². The van der Waals surface area contributed by atoms with Crippen LogP contribution in [0.2, 0.25) is 19.6 Å². The van der Waals surface area contributed by atoms with Crippen LogP contribution in [0.25, 0.3) is 53.5 Å². The van der Waals surface area contributed by atoms with E-state index in [0.717, 1.165) is 47.8 Å². The van der Waals surface area contributed by atoms with Gasteiger partial charge in [0.15, 0.2) is 0 Å². The minimum atomic E-state index is -1.27. The summed E-state index contributed by atoms with van der Waals surface area (Å²) in [4.78, 5) is 8.89. The fourth-order valence-corrected chi connectivity index (χ4v) is 8.65. The molecule has 0 bridgehead atoms. The van der Waals surface area contributed by atoms with Crippen molar-refractivity contribution in [3.63, 3.8) is 0 Å². The normalized spacial score (nSPS) is 12.0. The number of thiophene rings is 1. The molecule has 2 nitrogen and oxygen atoms in total. The van der Waals surface area contributed by atoms with Gasteiger partial charge in [-0.15, -0.1) is 53.4 Å². The van der Waals surface area contributed by atoms with E-state index in [1.807, 2.05) is 42.5 Å². The van der Waals surface area contributed by atoms with Crippen LogP contribution in [-0.4, -0.2) is 18.0 Å². The van der Waals surface area contributed by atoms with Gasteiger partial charge in [-0.2, -0.15) is 11.3 Å². The quantitative estimate of drug-likeness (QED) is 0.131. The summed E-state index contributed by atoms with van der Waals surface area (Å²) in [7, 11) is -1.27. The minimum Gasteiger partial charge on any atom is -0.305 e. The Hall–Kier alpha value is -3.61. The second-order valence-electron chi connectivity index (χ2n) is 12.5. The Morgan fingerprint density at radius 2 is 1.61 bits per heavy atom. The van der Waals surface area contributed by atoms with E-state index in [4.69, 9.17) is 1.37 Å². The average molecular weight is 822 g/mol. The van der Waals surface area contributed by atoms with Crippen LogP contribution >= 0.6 is 11.3 Å². The van der Waals surface area contributed by atoms with Gasteiger partial charge in [-0.3, -0.25) is 4.98 Å². The van der Waals surface area contributed by atoms with Gasteiger partial charge in [0.05, 0.1) is 14.3 Å². The van der Waals surface area contributed by atoms with Crippen molar-refractivity contribution < 1.29 is 30.3 Å². The minimum absolute atomic E-state index is 0. The maximum absolute atomic E-state index is 14.3. The third-order valence-electron chi connectivity index (χ3n) is 7.89. The van der Waals surface area contributed by atoms with Crippen molar-refractivity contribution in [2.45, 2.75) is 46.3 Å².